The van der Waals surface area contributed by atoms with E-state index in [9.17, 15) is 4.79 Å². The molecule has 1 amide bonds. The van der Waals surface area contributed by atoms with E-state index >= 15 is 0 Å². The molecule has 192 valence electrons. The number of carbonyl (C=O) groups excluding carboxylic acids is 1. The number of fused-ring (bicyclic) bond motifs is 1. The second-order valence-electron chi connectivity index (χ2n) is 8.25. The molecule has 0 bridgehead atoms. The van der Waals surface area contributed by atoms with Crippen LogP contribution in [0.15, 0.2) is 71.6 Å². The van der Waals surface area contributed by atoms with Crippen LogP contribution >= 0.6 is 23.3 Å². The molecule has 0 aliphatic carbocycles. The van der Waals surface area contributed by atoms with E-state index in [1.54, 1.807) is 31.6 Å². The topological polar surface area (TPSA) is 122 Å². The molecule has 0 aliphatic rings. The number of methoxy groups -OCH3 is 2. The first-order valence-electron chi connectivity index (χ1n) is 11.6. The lowest BCUT2D eigenvalue weighted by atomic mass is 10.0. The van der Waals surface area contributed by atoms with Crippen molar-refractivity contribution >= 4 is 45.2 Å². The van der Waals surface area contributed by atoms with E-state index in [-0.39, 0.29) is 17.8 Å². The number of thiazole rings is 1. The van der Waals surface area contributed by atoms with Crippen LogP contribution in [0, 0.1) is 5.41 Å². The van der Waals surface area contributed by atoms with Crippen molar-refractivity contribution in [3.05, 3.63) is 88.4 Å². The first kappa shape index (κ1) is 26.6. The SMILES string of the molecule is COCCNC(=O)c1cccc(SNC(Cc2cccc(C(=N)N)c2)c2nc3ccc(OC)cc3s2)c1. The number of nitrogen functional groups attached to an aromatic ring is 1. The number of aromatic nitrogens is 1. The smallest absolute Gasteiger partial charge is 0.251 e. The second-order valence-corrected chi connectivity index (χ2v) is 10.2. The van der Waals surface area contributed by atoms with Crippen LogP contribution in [0.25, 0.3) is 10.2 Å². The van der Waals surface area contributed by atoms with Gasteiger partial charge >= 0.3 is 0 Å². The summed E-state index contributed by atoms with van der Waals surface area (Å²) in [5.41, 5.74) is 8.93. The summed E-state index contributed by atoms with van der Waals surface area (Å²) in [7, 11) is 3.25. The average molecular weight is 536 g/mol. The van der Waals surface area contributed by atoms with Crippen LogP contribution in [0.5, 0.6) is 5.75 Å². The summed E-state index contributed by atoms with van der Waals surface area (Å²) in [5, 5.41) is 11.6. The number of hydrogen-bond donors (Lipinski definition) is 4. The fourth-order valence-electron chi connectivity index (χ4n) is 3.69. The fraction of sp³-hybridized carbons (Fsp3) is 0.222. The number of benzene rings is 3. The van der Waals surface area contributed by atoms with Crippen molar-refractivity contribution in [1.29, 1.82) is 5.41 Å². The van der Waals surface area contributed by atoms with Crippen LogP contribution in [0.3, 0.4) is 0 Å². The molecule has 0 radical (unpaired) electrons. The quantitative estimate of drug-likeness (QED) is 0.0909. The zero-order chi connectivity index (χ0) is 26.2. The number of amidine groups is 1. The molecule has 8 nitrogen and oxygen atoms in total. The number of nitrogens with one attached hydrogen (secondary N) is 3. The minimum atomic E-state index is -0.141. The maximum Gasteiger partial charge on any atom is 0.251 e. The average Bonchev–Trinajstić information content (AvgIpc) is 3.34. The Bertz CT molecular complexity index is 1390. The lowest BCUT2D eigenvalue weighted by Crippen LogP contribution is -2.26. The van der Waals surface area contributed by atoms with Crippen molar-refractivity contribution < 1.29 is 14.3 Å². The van der Waals surface area contributed by atoms with Crippen LogP contribution in [0.4, 0.5) is 0 Å². The van der Waals surface area contributed by atoms with Crippen molar-refractivity contribution in [1.82, 2.24) is 15.0 Å². The fourth-order valence-corrected chi connectivity index (χ4v) is 5.62. The third-order valence-electron chi connectivity index (χ3n) is 5.60. The summed E-state index contributed by atoms with van der Waals surface area (Å²) in [6.07, 6.45) is 0.641. The molecule has 0 fully saturated rings. The summed E-state index contributed by atoms with van der Waals surface area (Å²) in [6.45, 7) is 0.914. The lowest BCUT2D eigenvalue weighted by Gasteiger charge is -2.17. The maximum absolute atomic E-state index is 12.5. The zero-order valence-electron chi connectivity index (χ0n) is 20.6. The molecule has 4 rings (SSSR count). The molecule has 37 heavy (non-hydrogen) atoms. The summed E-state index contributed by atoms with van der Waals surface area (Å²) in [4.78, 5) is 18.3. The van der Waals surface area contributed by atoms with E-state index in [4.69, 9.17) is 25.6 Å². The second kappa shape index (κ2) is 12.7. The van der Waals surface area contributed by atoms with Gasteiger partial charge in [0.1, 0.15) is 16.6 Å². The highest BCUT2D eigenvalue weighted by Crippen LogP contribution is 2.33. The molecule has 0 aliphatic heterocycles. The number of carbonyl (C=O) groups is 1. The normalized spacial score (nSPS) is 11.8. The van der Waals surface area contributed by atoms with Gasteiger partial charge in [-0.05, 0) is 66.4 Å². The molecule has 0 spiro atoms. The van der Waals surface area contributed by atoms with Gasteiger partial charge in [-0.25, -0.2) is 9.71 Å². The third-order valence-corrected chi connectivity index (χ3v) is 7.62. The molecule has 4 aromatic rings. The Balaban J connectivity index is 1.57. The summed E-state index contributed by atoms with van der Waals surface area (Å²) in [5.74, 6) is 0.682. The van der Waals surface area contributed by atoms with Crippen LogP contribution in [-0.4, -0.2) is 44.1 Å². The van der Waals surface area contributed by atoms with E-state index in [1.165, 1.54) is 11.9 Å². The van der Waals surface area contributed by atoms with Gasteiger partial charge < -0.3 is 20.5 Å². The van der Waals surface area contributed by atoms with E-state index in [0.29, 0.717) is 30.7 Å². The summed E-state index contributed by atoms with van der Waals surface area (Å²) >= 11 is 3.06. The Labute approximate surface area is 224 Å². The maximum atomic E-state index is 12.5. The monoisotopic (exact) mass is 535 g/mol. The van der Waals surface area contributed by atoms with E-state index in [2.05, 4.69) is 10.0 Å². The van der Waals surface area contributed by atoms with Crippen molar-refractivity contribution in [2.75, 3.05) is 27.4 Å². The Morgan fingerprint density at radius 2 is 1.92 bits per heavy atom. The van der Waals surface area contributed by atoms with Crippen molar-refractivity contribution in [2.24, 2.45) is 5.73 Å². The van der Waals surface area contributed by atoms with Crippen LogP contribution in [0.2, 0.25) is 0 Å². The molecule has 0 saturated carbocycles. The van der Waals surface area contributed by atoms with E-state index in [1.807, 2.05) is 60.7 Å². The first-order chi connectivity index (χ1) is 18.0. The summed E-state index contributed by atoms with van der Waals surface area (Å²) < 4.78 is 15.0. The lowest BCUT2D eigenvalue weighted by molar-refractivity contribution is 0.0937. The highest BCUT2D eigenvalue weighted by molar-refractivity contribution is 7.97. The van der Waals surface area contributed by atoms with E-state index in [0.717, 1.165) is 31.4 Å². The van der Waals surface area contributed by atoms with Crippen LogP contribution in [-0.2, 0) is 11.2 Å². The summed E-state index contributed by atoms with van der Waals surface area (Å²) in [6, 6.07) is 20.9. The number of amides is 1. The van der Waals surface area contributed by atoms with Crippen LogP contribution in [0.1, 0.15) is 32.5 Å². The van der Waals surface area contributed by atoms with Crippen molar-refractivity contribution in [3.63, 3.8) is 0 Å². The Morgan fingerprint density at radius 1 is 1.11 bits per heavy atom. The van der Waals surface area contributed by atoms with Gasteiger partial charge in [0.2, 0.25) is 0 Å². The van der Waals surface area contributed by atoms with Gasteiger partial charge in [0.15, 0.2) is 0 Å². The highest BCUT2D eigenvalue weighted by atomic mass is 32.2. The molecular formula is C27H29N5O3S2. The van der Waals surface area contributed by atoms with Gasteiger partial charge in [-0.3, -0.25) is 10.2 Å². The first-order valence-corrected chi connectivity index (χ1v) is 13.3. The standard InChI is InChI=1S/C27H29N5O3S2/c1-34-12-11-30-26(33)19-7-4-8-21(15-19)37-32-23(14-17-5-3-6-18(13-17)25(28)29)27-31-22-10-9-20(35-2)16-24(22)36-27/h3-10,13,15-16,23,32H,11-12,14H2,1-2H3,(H3,28,29)(H,30,33). The van der Waals surface area contributed by atoms with Crippen molar-refractivity contribution in [2.45, 2.75) is 17.4 Å². The minimum absolute atomic E-state index is 0.0356. The number of nitrogens with zero attached hydrogens (tertiary/aromatic N) is 1. The number of hydrogen-bond acceptors (Lipinski definition) is 8. The van der Waals surface area contributed by atoms with Crippen molar-refractivity contribution in [3.8, 4) is 5.75 Å². The largest absolute Gasteiger partial charge is 0.497 e. The Kier molecular flexibility index (Phi) is 9.13. The molecule has 3 aromatic carbocycles. The number of rotatable bonds is 12. The molecule has 1 unspecified atom stereocenters. The molecule has 0 saturated heterocycles. The minimum Gasteiger partial charge on any atom is -0.497 e. The van der Waals surface area contributed by atoms with Gasteiger partial charge in [-0.1, -0.05) is 24.3 Å². The van der Waals surface area contributed by atoms with Crippen LogP contribution < -0.4 is 20.5 Å². The molecule has 1 aromatic heterocycles. The predicted octanol–water partition coefficient (Wildman–Crippen LogP) is 4.55. The van der Waals surface area contributed by atoms with Gasteiger partial charge in [0.25, 0.3) is 5.91 Å². The zero-order valence-corrected chi connectivity index (χ0v) is 22.2. The molecule has 5 N–H and O–H groups in total. The van der Waals surface area contributed by atoms with Gasteiger partial charge in [0, 0.05) is 29.7 Å². The number of ether oxygens (including phenoxy) is 2. The van der Waals surface area contributed by atoms with Gasteiger partial charge in [-0.2, -0.15) is 0 Å². The molecular weight excluding hydrogens is 506 g/mol. The highest BCUT2D eigenvalue weighted by Gasteiger charge is 2.19. The number of nitrogens with two attached hydrogens (primary N) is 1. The van der Waals surface area contributed by atoms with Gasteiger partial charge in [0.05, 0.1) is 30.0 Å². The third kappa shape index (κ3) is 7.07. The van der Waals surface area contributed by atoms with Gasteiger partial charge in [-0.15, -0.1) is 11.3 Å². The Morgan fingerprint density at radius 3 is 2.70 bits per heavy atom. The molecule has 1 atom stereocenters. The predicted molar refractivity (Wildman–Crippen MR) is 150 cm³/mol. The Hall–Kier alpha value is -3.44. The molecule has 1 heterocycles. The molecule has 10 heteroatoms. The van der Waals surface area contributed by atoms with E-state index < -0.39 is 0 Å².